The van der Waals surface area contributed by atoms with Crippen molar-refractivity contribution in [1.82, 2.24) is 10.2 Å². The maximum Gasteiger partial charge on any atom is 0.326 e. The van der Waals surface area contributed by atoms with E-state index in [4.69, 9.17) is 5.11 Å². The Morgan fingerprint density at radius 2 is 1.89 bits per heavy atom. The number of aliphatic hydroxyl groups excluding tert-OH is 1. The van der Waals surface area contributed by atoms with Gasteiger partial charge in [-0.05, 0) is 5.92 Å². The molecule has 1 aliphatic rings. The van der Waals surface area contributed by atoms with Crippen LogP contribution in [-0.4, -0.2) is 57.6 Å². The first-order chi connectivity index (χ1) is 8.73. The monoisotopic (exact) mass is 272 g/mol. The molecule has 1 saturated heterocycles. The van der Waals surface area contributed by atoms with E-state index in [0.29, 0.717) is 0 Å². The molecule has 0 bridgehead atoms. The first-order valence-corrected chi connectivity index (χ1v) is 6.22. The van der Waals surface area contributed by atoms with E-state index in [1.54, 1.807) is 13.8 Å². The fourth-order valence-electron chi connectivity index (χ4n) is 2.20. The predicted octanol–water partition coefficient (Wildman–Crippen LogP) is -0.806. The molecule has 1 rings (SSSR count). The average Bonchev–Trinajstić information content (AvgIpc) is 2.67. The molecule has 0 aliphatic carbocycles. The molecule has 1 aliphatic heterocycles. The van der Waals surface area contributed by atoms with Gasteiger partial charge in [-0.3, -0.25) is 9.59 Å². The van der Waals surface area contributed by atoms with Crippen molar-refractivity contribution in [3.05, 3.63) is 0 Å². The Kier molecular flexibility index (Phi) is 4.88. The molecular weight excluding hydrogens is 252 g/mol. The summed E-state index contributed by atoms with van der Waals surface area (Å²) in [5.41, 5.74) is 0. The average molecular weight is 272 g/mol. The second-order valence-electron chi connectivity index (χ2n) is 5.16. The molecule has 0 aromatic rings. The molecule has 1 heterocycles. The number of hydrogen-bond donors (Lipinski definition) is 3. The highest BCUT2D eigenvalue weighted by molar-refractivity contribution is 5.90. The SMILES string of the molecule is CC(=O)NC(C(=O)N1C[C@H](O)C[C@@H]1C(=O)O)C(C)C. The number of rotatable bonds is 4. The van der Waals surface area contributed by atoms with E-state index in [2.05, 4.69) is 5.32 Å². The second-order valence-corrected chi connectivity index (χ2v) is 5.16. The van der Waals surface area contributed by atoms with Crippen LogP contribution < -0.4 is 5.32 Å². The van der Waals surface area contributed by atoms with Crippen molar-refractivity contribution in [2.75, 3.05) is 6.54 Å². The van der Waals surface area contributed by atoms with Crippen LogP contribution in [0.1, 0.15) is 27.2 Å². The van der Waals surface area contributed by atoms with Crippen molar-refractivity contribution < 1.29 is 24.6 Å². The third kappa shape index (κ3) is 3.66. The van der Waals surface area contributed by atoms with Gasteiger partial charge in [0.25, 0.3) is 0 Å². The number of aliphatic hydroxyl groups is 1. The summed E-state index contributed by atoms with van der Waals surface area (Å²) in [6, 6.07) is -1.80. The lowest BCUT2D eigenvalue weighted by atomic mass is 10.0. The van der Waals surface area contributed by atoms with Crippen LogP contribution in [0.3, 0.4) is 0 Å². The lowest BCUT2D eigenvalue weighted by molar-refractivity contribution is -0.149. The Hall–Kier alpha value is -1.63. The molecule has 0 aromatic carbocycles. The van der Waals surface area contributed by atoms with Gasteiger partial charge in [0.15, 0.2) is 0 Å². The van der Waals surface area contributed by atoms with E-state index in [0.717, 1.165) is 4.90 Å². The standard InChI is InChI=1S/C12H20N2O5/c1-6(2)10(13-7(3)15)11(17)14-5-8(16)4-9(14)12(18)19/h6,8-10,16H,4-5H2,1-3H3,(H,13,15)(H,18,19)/t8-,9-,10?/m1/s1. The lowest BCUT2D eigenvalue weighted by Crippen LogP contribution is -2.53. The van der Waals surface area contributed by atoms with Crippen molar-refractivity contribution in [2.45, 2.75) is 45.4 Å². The normalized spacial score (nSPS) is 24.4. The largest absolute Gasteiger partial charge is 0.480 e. The number of amides is 2. The van der Waals surface area contributed by atoms with Crippen LogP contribution in [0.5, 0.6) is 0 Å². The third-order valence-electron chi connectivity index (χ3n) is 3.14. The van der Waals surface area contributed by atoms with Gasteiger partial charge in [-0.25, -0.2) is 4.79 Å². The summed E-state index contributed by atoms with van der Waals surface area (Å²) in [7, 11) is 0. The number of aliphatic carboxylic acids is 1. The lowest BCUT2D eigenvalue weighted by Gasteiger charge is -2.28. The number of nitrogens with one attached hydrogen (secondary N) is 1. The molecule has 0 aromatic heterocycles. The minimum Gasteiger partial charge on any atom is -0.480 e. The summed E-state index contributed by atoms with van der Waals surface area (Å²) in [6.07, 6.45) is -0.818. The molecule has 3 N–H and O–H groups in total. The van der Waals surface area contributed by atoms with E-state index >= 15 is 0 Å². The van der Waals surface area contributed by atoms with Crippen LogP contribution in [0.4, 0.5) is 0 Å². The highest BCUT2D eigenvalue weighted by atomic mass is 16.4. The zero-order valence-electron chi connectivity index (χ0n) is 11.3. The predicted molar refractivity (Wildman–Crippen MR) is 66.2 cm³/mol. The molecule has 3 atom stereocenters. The highest BCUT2D eigenvalue weighted by Gasteiger charge is 2.41. The second kappa shape index (κ2) is 6.01. The highest BCUT2D eigenvalue weighted by Crippen LogP contribution is 2.20. The van der Waals surface area contributed by atoms with Crippen LogP contribution in [-0.2, 0) is 14.4 Å². The Balaban J connectivity index is 2.89. The van der Waals surface area contributed by atoms with Crippen molar-refractivity contribution in [3.63, 3.8) is 0 Å². The summed E-state index contributed by atoms with van der Waals surface area (Å²) in [4.78, 5) is 35.6. The van der Waals surface area contributed by atoms with Crippen LogP contribution in [0.25, 0.3) is 0 Å². The molecule has 7 nitrogen and oxygen atoms in total. The molecule has 108 valence electrons. The quantitative estimate of drug-likeness (QED) is 0.620. The van der Waals surface area contributed by atoms with Gasteiger partial charge in [-0.15, -0.1) is 0 Å². The smallest absolute Gasteiger partial charge is 0.326 e. The van der Waals surface area contributed by atoms with Crippen LogP contribution in [0.2, 0.25) is 0 Å². The number of nitrogens with zero attached hydrogens (tertiary/aromatic N) is 1. The molecule has 2 amide bonds. The van der Waals surface area contributed by atoms with Gasteiger partial charge in [0.2, 0.25) is 11.8 Å². The molecule has 0 saturated carbocycles. The topological polar surface area (TPSA) is 107 Å². The van der Waals surface area contributed by atoms with E-state index in [1.807, 2.05) is 0 Å². The number of β-amino-alcohol motifs (C(OH)–C–C–N with tert-alkyl or cyclic N) is 1. The number of likely N-dealkylation sites (tertiary alicyclic amines) is 1. The summed E-state index contributed by atoms with van der Waals surface area (Å²) in [6.45, 7) is 4.82. The number of carboxylic acids is 1. The van der Waals surface area contributed by atoms with Gasteiger partial charge in [0.1, 0.15) is 12.1 Å². The fourth-order valence-corrected chi connectivity index (χ4v) is 2.20. The van der Waals surface area contributed by atoms with Crippen LogP contribution in [0.15, 0.2) is 0 Å². The Morgan fingerprint density at radius 1 is 1.32 bits per heavy atom. The summed E-state index contributed by atoms with van der Waals surface area (Å²) < 4.78 is 0. The van der Waals surface area contributed by atoms with Gasteiger partial charge in [0, 0.05) is 19.9 Å². The summed E-state index contributed by atoms with van der Waals surface area (Å²) >= 11 is 0. The Morgan fingerprint density at radius 3 is 2.32 bits per heavy atom. The molecule has 1 fully saturated rings. The van der Waals surface area contributed by atoms with Crippen LogP contribution >= 0.6 is 0 Å². The third-order valence-corrected chi connectivity index (χ3v) is 3.14. The summed E-state index contributed by atoms with van der Waals surface area (Å²) in [5.74, 6) is -2.12. The van der Waals surface area contributed by atoms with Gasteiger partial charge < -0.3 is 20.4 Å². The van der Waals surface area contributed by atoms with E-state index in [1.165, 1.54) is 6.92 Å². The van der Waals surface area contributed by atoms with E-state index in [-0.39, 0.29) is 24.8 Å². The van der Waals surface area contributed by atoms with Crippen molar-refractivity contribution in [1.29, 1.82) is 0 Å². The number of hydrogen-bond acceptors (Lipinski definition) is 4. The number of carbonyl (C=O) groups excluding carboxylic acids is 2. The zero-order chi connectivity index (χ0) is 14.7. The molecule has 0 spiro atoms. The first-order valence-electron chi connectivity index (χ1n) is 6.22. The van der Waals surface area contributed by atoms with Crippen LogP contribution in [0, 0.1) is 5.92 Å². The molecule has 0 radical (unpaired) electrons. The zero-order valence-corrected chi connectivity index (χ0v) is 11.3. The van der Waals surface area contributed by atoms with E-state index in [9.17, 15) is 19.5 Å². The first kappa shape index (κ1) is 15.4. The fraction of sp³-hybridized carbons (Fsp3) is 0.750. The maximum absolute atomic E-state index is 12.3. The Bertz CT molecular complexity index is 382. The van der Waals surface area contributed by atoms with Gasteiger partial charge >= 0.3 is 5.97 Å². The maximum atomic E-state index is 12.3. The Labute approximate surface area is 111 Å². The summed E-state index contributed by atoms with van der Waals surface area (Å²) in [5, 5.41) is 21.1. The molecular formula is C12H20N2O5. The van der Waals surface area contributed by atoms with E-state index < -0.39 is 30.1 Å². The van der Waals surface area contributed by atoms with Gasteiger partial charge in [-0.1, -0.05) is 13.8 Å². The minimum atomic E-state index is -1.14. The van der Waals surface area contributed by atoms with Crippen molar-refractivity contribution in [2.24, 2.45) is 5.92 Å². The molecule has 1 unspecified atom stereocenters. The van der Waals surface area contributed by atoms with Gasteiger partial charge in [-0.2, -0.15) is 0 Å². The minimum absolute atomic E-state index is 0.0153. The van der Waals surface area contributed by atoms with Gasteiger partial charge in [0.05, 0.1) is 6.10 Å². The van der Waals surface area contributed by atoms with Crippen molar-refractivity contribution >= 4 is 17.8 Å². The molecule has 19 heavy (non-hydrogen) atoms. The van der Waals surface area contributed by atoms with Crippen molar-refractivity contribution in [3.8, 4) is 0 Å². The molecule has 7 heteroatoms. The number of carboxylic acid groups (broad SMARTS) is 1. The number of carbonyl (C=O) groups is 3.